The highest BCUT2D eigenvalue weighted by Crippen LogP contribution is 1.94. The monoisotopic (exact) mass is 177 g/mol. The molecule has 2 aromatic rings. The van der Waals surface area contributed by atoms with E-state index < -0.39 is 0 Å². The molecule has 0 radical (unpaired) electrons. The molecule has 68 valence electrons. The molecule has 0 spiro atoms. The van der Waals surface area contributed by atoms with Crippen molar-refractivity contribution in [3.05, 3.63) is 31.1 Å². The van der Waals surface area contributed by atoms with Gasteiger partial charge in [-0.1, -0.05) is 0 Å². The summed E-state index contributed by atoms with van der Waals surface area (Å²) in [5, 5.41) is 3.15. The zero-order valence-electron chi connectivity index (χ0n) is 7.14. The summed E-state index contributed by atoms with van der Waals surface area (Å²) in [7, 11) is 0. The van der Waals surface area contributed by atoms with Gasteiger partial charge in [-0.3, -0.25) is 0 Å². The zero-order chi connectivity index (χ0) is 8.93. The first-order valence-electron chi connectivity index (χ1n) is 4.14. The summed E-state index contributed by atoms with van der Waals surface area (Å²) < 4.78 is 2.01. The summed E-state index contributed by atoms with van der Waals surface area (Å²) in [6.45, 7) is 1.73. The van der Waals surface area contributed by atoms with Crippen molar-refractivity contribution < 1.29 is 0 Å². The van der Waals surface area contributed by atoms with E-state index in [1.165, 1.54) is 0 Å². The second kappa shape index (κ2) is 3.75. The largest absolute Gasteiger partial charge is 0.354 e. The van der Waals surface area contributed by atoms with Crippen molar-refractivity contribution in [2.45, 2.75) is 6.54 Å². The van der Waals surface area contributed by atoms with Gasteiger partial charge in [0.05, 0.1) is 6.33 Å². The van der Waals surface area contributed by atoms with Gasteiger partial charge in [0.15, 0.2) is 5.95 Å². The first kappa shape index (κ1) is 7.85. The van der Waals surface area contributed by atoms with Crippen LogP contribution in [0.1, 0.15) is 0 Å². The second-order valence-corrected chi connectivity index (χ2v) is 2.67. The lowest BCUT2D eigenvalue weighted by molar-refractivity contribution is 0.724. The number of nitrogens with one attached hydrogen (secondary N) is 2. The standard InChI is InChI=1S/C8H11N5/c1-2-11-8(10-1)12-4-6-13-5-3-9-7-13/h1-3,5,7H,4,6H2,(H2,10,11,12). The Morgan fingerprint density at radius 3 is 3.15 bits per heavy atom. The minimum atomic E-state index is 0.806. The maximum atomic E-state index is 4.04. The van der Waals surface area contributed by atoms with Crippen LogP contribution in [-0.2, 0) is 6.54 Å². The average molecular weight is 177 g/mol. The average Bonchev–Trinajstić information content (AvgIpc) is 2.75. The van der Waals surface area contributed by atoms with Crippen LogP contribution in [0.2, 0.25) is 0 Å². The van der Waals surface area contributed by atoms with Crippen molar-refractivity contribution in [2.75, 3.05) is 11.9 Å². The third-order valence-electron chi connectivity index (χ3n) is 1.72. The van der Waals surface area contributed by atoms with E-state index in [2.05, 4.69) is 20.3 Å². The Morgan fingerprint density at radius 2 is 2.46 bits per heavy atom. The fourth-order valence-electron chi connectivity index (χ4n) is 1.08. The molecule has 2 rings (SSSR count). The smallest absolute Gasteiger partial charge is 0.200 e. The summed E-state index contributed by atoms with van der Waals surface area (Å²) in [5.41, 5.74) is 0. The molecule has 0 saturated heterocycles. The molecule has 0 fully saturated rings. The fourth-order valence-corrected chi connectivity index (χ4v) is 1.08. The number of imidazole rings is 2. The van der Waals surface area contributed by atoms with Gasteiger partial charge in [-0.05, 0) is 0 Å². The Bertz CT molecular complexity index is 289. The van der Waals surface area contributed by atoms with Crippen LogP contribution in [0, 0.1) is 0 Å². The summed E-state index contributed by atoms with van der Waals surface area (Å²) in [6, 6.07) is 0. The van der Waals surface area contributed by atoms with Gasteiger partial charge >= 0.3 is 0 Å². The predicted molar refractivity (Wildman–Crippen MR) is 49.3 cm³/mol. The topological polar surface area (TPSA) is 58.5 Å². The molecular formula is C8H11N5. The third kappa shape index (κ3) is 2.08. The number of H-pyrrole nitrogens is 1. The quantitative estimate of drug-likeness (QED) is 0.723. The number of rotatable bonds is 4. The highest BCUT2D eigenvalue weighted by atomic mass is 15.1. The molecule has 0 aromatic carbocycles. The molecule has 0 atom stereocenters. The van der Waals surface area contributed by atoms with Crippen LogP contribution in [0.4, 0.5) is 5.95 Å². The SMILES string of the molecule is c1cn(CCNc2ncc[nH]2)cn1. The molecule has 0 amide bonds. The van der Waals surface area contributed by atoms with Gasteiger partial charge in [0.2, 0.25) is 0 Å². The van der Waals surface area contributed by atoms with Crippen LogP contribution in [-0.4, -0.2) is 26.1 Å². The van der Waals surface area contributed by atoms with E-state index in [1.807, 2.05) is 10.8 Å². The predicted octanol–water partition coefficient (Wildman–Crippen LogP) is 0.718. The van der Waals surface area contributed by atoms with E-state index in [4.69, 9.17) is 0 Å². The van der Waals surface area contributed by atoms with Gasteiger partial charge in [-0.15, -0.1) is 0 Å². The summed E-state index contributed by atoms with van der Waals surface area (Å²) in [4.78, 5) is 11.0. The van der Waals surface area contributed by atoms with Gasteiger partial charge in [-0.25, -0.2) is 9.97 Å². The Balaban J connectivity index is 1.76. The van der Waals surface area contributed by atoms with Crippen molar-refractivity contribution in [1.29, 1.82) is 0 Å². The third-order valence-corrected chi connectivity index (χ3v) is 1.72. The fraction of sp³-hybridized carbons (Fsp3) is 0.250. The van der Waals surface area contributed by atoms with Crippen LogP contribution in [0.15, 0.2) is 31.1 Å². The first-order valence-corrected chi connectivity index (χ1v) is 4.14. The van der Waals surface area contributed by atoms with Crippen LogP contribution in [0.3, 0.4) is 0 Å². The van der Waals surface area contributed by atoms with E-state index >= 15 is 0 Å². The lowest BCUT2D eigenvalue weighted by atomic mass is 10.6. The van der Waals surface area contributed by atoms with Crippen LogP contribution < -0.4 is 5.32 Å². The Kier molecular flexibility index (Phi) is 2.26. The molecule has 5 heteroatoms. The lowest BCUT2D eigenvalue weighted by Crippen LogP contribution is -2.09. The molecule has 0 unspecified atom stereocenters. The van der Waals surface area contributed by atoms with E-state index in [0.717, 1.165) is 19.0 Å². The van der Waals surface area contributed by atoms with Gasteiger partial charge in [0.1, 0.15) is 0 Å². The van der Waals surface area contributed by atoms with E-state index in [-0.39, 0.29) is 0 Å². The first-order chi connectivity index (χ1) is 6.45. The normalized spacial score (nSPS) is 10.2. The minimum absolute atomic E-state index is 0.806. The minimum Gasteiger partial charge on any atom is -0.354 e. The van der Waals surface area contributed by atoms with Crippen molar-refractivity contribution in [2.24, 2.45) is 0 Å². The van der Waals surface area contributed by atoms with Crippen molar-refractivity contribution in [1.82, 2.24) is 19.5 Å². The van der Waals surface area contributed by atoms with Gasteiger partial charge in [0, 0.05) is 37.9 Å². The molecule has 0 saturated carbocycles. The molecule has 2 N–H and O–H groups in total. The summed E-state index contributed by atoms with van der Waals surface area (Å²) in [5.74, 6) is 0.806. The van der Waals surface area contributed by atoms with Gasteiger partial charge in [0.25, 0.3) is 0 Å². The van der Waals surface area contributed by atoms with E-state index in [9.17, 15) is 0 Å². The van der Waals surface area contributed by atoms with Gasteiger partial charge in [-0.2, -0.15) is 0 Å². The molecular weight excluding hydrogens is 166 g/mol. The number of anilines is 1. The molecule has 0 aliphatic heterocycles. The lowest BCUT2D eigenvalue weighted by Gasteiger charge is -2.02. The number of hydrogen-bond donors (Lipinski definition) is 2. The Hall–Kier alpha value is -1.78. The van der Waals surface area contributed by atoms with Crippen molar-refractivity contribution in [3.63, 3.8) is 0 Å². The van der Waals surface area contributed by atoms with E-state index in [1.54, 1.807) is 24.9 Å². The molecule has 2 aromatic heterocycles. The number of hydrogen-bond acceptors (Lipinski definition) is 3. The number of aromatic amines is 1. The van der Waals surface area contributed by atoms with Crippen LogP contribution in [0.25, 0.3) is 0 Å². The highest BCUT2D eigenvalue weighted by Gasteiger charge is 1.92. The Labute approximate surface area is 75.8 Å². The van der Waals surface area contributed by atoms with Crippen LogP contribution >= 0.6 is 0 Å². The maximum Gasteiger partial charge on any atom is 0.200 e. The molecule has 0 bridgehead atoms. The van der Waals surface area contributed by atoms with Crippen LogP contribution in [0.5, 0.6) is 0 Å². The molecule has 5 nitrogen and oxygen atoms in total. The van der Waals surface area contributed by atoms with Crippen molar-refractivity contribution >= 4 is 5.95 Å². The number of nitrogens with zero attached hydrogens (tertiary/aromatic N) is 3. The summed E-state index contributed by atoms with van der Waals surface area (Å²) in [6.07, 6.45) is 9.01. The second-order valence-electron chi connectivity index (χ2n) is 2.67. The summed E-state index contributed by atoms with van der Waals surface area (Å²) >= 11 is 0. The van der Waals surface area contributed by atoms with E-state index in [0.29, 0.717) is 0 Å². The molecule has 0 aliphatic rings. The molecule has 0 aliphatic carbocycles. The molecule has 13 heavy (non-hydrogen) atoms. The Morgan fingerprint density at radius 1 is 1.46 bits per heavy atom. The number of aromatic nitrogens is 4. The maximum absolute atomic E-state index is 4.04. The van der Waals surface area contributed by atoms with Crippen molar-refractivity contribution in [3.8, 4) is 0 Å². The highest BCUT2D eigenvalue weighted by molar-refractivity contribution is 5.22. The van der Waals surface area contributed by atoms with Gasteiger partial charge < -0.3 is 14.9 Å². The zero-order valence-corrected chi connectivity index (χ0v) is 7.14. The molecule has 2 heterocycles.